The fourth-order valence-corrected chi connectivity index (χ4v) is 4.66. The molecule has 0 saturated carbocycles. The van der Waals surface area contributed by atoms with Gasteiger partial charge in [-0.15, -0.1) is 0 Å². The number of hydrogen-bond donors (Lipinski definition) is 1. The van der Waals surface area contributed by atoms with Crippen LogP contribution >= 0.6 is 0 Å². The molecule has 2 aromatic carbocycles. The Morgan fingerprint density at radius 3 is 2.48 bits per heavy atom. The average Bonchev–Trinajstić information content (AvgIpc) is 2.71. The standard InChI is InChI=1S/C21H26N2O5S/c1-16-3-7-19(8-4-16)28-12-9-21(24)22-18-6-5-17(2)20(15-18)29(25,26)23-10-13-27-14-11-23/h3-8,15H,9-14H2,1-2H3,(H,22,24). The van der Waals surface area contributed by atoms with Crippen molar-refractivity contribution in [3.63, 3.8) is 0 Å². The van der Waals surface area contributed by atoms with E-state index in [4.69, 9.17) is 9.47 Å². The third kappa shape index (κ3) is 5.56. The molecule has 0 radical (unpaired) electrons. The normalized spacial score (nSPS) is 15.1. The monoisotopic (exact) mass is 418 g/mol. The minimum atomic E-state index is -3.63. The third-order valence-electron chi connectivity index (χ3n) is 4.68. The highest BCUT2D eigenvalue weighted by Gasteiger charge is 2.28. The Bertz CT molecular complexity index is 952. The molecule has 0 atom stereocenters. The molecule has 1 aliphatic heterocycles. The van der Waals surface area contributed by atoms with E-state index in [9.17, 15) is 13.2 Å². The second-order valence-corrected chi connectivity index (χ2v) is 8.86. The molecule has 0 aromatic heterocycles. The molecule has 1 fully saturated rings. The zero-order valence-corrected chi connectivity index (χ0v) is 17.5. The molecule has 1 heterocycles. The van der Waals surface area contributed by atoms with Crippen molar-refractivity contribution in [2.24, 2.45) is 0 Å². The molecule has 0 spiro atoms. The zero-order valence-electron chi connectivity index (χ0n) is 16.7. The van der Waals surface area contributed by atoms with Crippen LogP contribution in [-0.4, -0.2) is 51.5 Å². The van der Waals surface area contributed by atoms with Crippen LogP contribution < -0.4 is 10.1 Å². The average molecular weight is 419 g/mol. The van der Waals surface area contributed by atoms with Gasteiger partial charge in [-0.1, -0.05) is 23.8 Å². The summed E-state index contributed by atoms with van der Waals surface area (Å²) in [5.74, 6) is 0.466. The summed E-state index contributed by atoms with van der Waals surface area (Å²) in [6.07, 6.45) is 0.160. The molecular weight excluding hydrogens is 392 g/mol. The molecule has 1 aliphatic rings. The van der Waals surface area contributed by atoms with Crippen LogP contribution in [0.5, 0.6) is 5.75 Å². The number of benzene rings is 2. The number of nitrogens with zero attached hydrogens (tertiary/aromatic N) is 1. The first-order valence-electron chi connectivity index (χ1n) is 9.54. The maximum absolute atomic E-state index is 12.9. The Morgan fingerprint density at radius 2 is 1.79 bits per heavy atom. The van der Waals surface area contributed by atoms with E-state index >= 15 is 0 Å². The Hall–Kier alpha value is -2.42. The van der Waals surface area contributed by atoms with Crippen molar-refractivity contribution in [1.29, 1.82) is 0 Å². The first kappa shape index (κ1) is 21.3. The number of aryl methyl sites for hydroxylation is 2. The number of rotatable bonds is 7. The van der Waals surface area contributed by atoms with E-state index in [2.05, 4.69) is 5.32 Å². The number of carbonyl (C=O) groups excluding carboxylic acids is 1. The molecular formula is C21H26N2O5S. The molecule has 0 aliphatic carbocycles. The van der Waals surface area contributed by atoms with Gasteiger partial charge in [0, 0.05) is 18.8 Å². The Balaban J connectivity index is 1.61. The van der Waals surface area contributed by atoms with Gasteiger partial charge in [-0.2, -0.15) is 4.31 Å². The number of anilines is 1. The van der Waals surface area contributed by atoms with Gasteiger partial charge in [-0.3, -0.25) is 4.79 Å². The van der Waals surface area contributed by atoms with Gasteiger partial charge in [0.2, 0.25) is 15.9 Å². The summed E-state index contributed by atoms with van der Waals surface area (Å²) in [5.41, 5.74) is 2.22. The van der Waals surface area contributed by atoms with E-state index < -0.39 is 10.0 Å². The van der Waals surface area contributed by atoms with Gasteiger partial charge in [0.05, 0.1) is 31.1 Å². The summed E-state index contributed by atoms with van der Waals surface area (Å²) in [5, 5.41) is 2.75. The molecule has 1 saturated heterocycles. The molecule has 8 heteroatoms. The lowest BCUT2D eigenvalue weighted by Crippen LogP contribution is -2.40. The number of carbonyl (C=O) groups is 1. The highest BCUT2D eigenvalue weighted by atomic mass is 32.2. The van der Waals surface area contributed by atoms with Crippen molar-refractivity contribution in [2.75, 3.05) is 38.2 Å². The summed E-state index contributed by atoms with van der Waals surface area (Å²) in [4.78, 5) is 12.4. The minimum absolute atomic E-state index is 0.160. The summed E-state index contributed by atoms with van der Waals surface area (Å²) in [6, 6.07) is 12.5. The van der Waals surface area contributed by atoms with Gasteiger partial charge in [-0.25, -0.2) is 8.42 Å². The van der Waals surface area contributed by atoms with Crippen LogP contribution in [-0.2, 0) is 19.6 Å². The van der Waals surface area contributed by atoms with Gasteiger partial charge in [0.1, 0.15) is 5.75 Å². The molecule has 1 amide bonds. The summed E-state index contributed by atoms with van der Waals surface area (Å²) in [6.45, 7) is 5.40. The maximum atomic E-state index is 12.9. The van der Waals surface area contributed by atoms with Crippen molar-refractivity contribution in [3.8, 4) is 5.75 Å². The Morgan fingerprint density at radius 1 is 1.10 bits per heavy atom. The highest BCUT2D eigenvalue weighted by Crippen LogP contribution is 2.24. The van der Waals surface area contributed by atoms with E-state index in [1.54, 1.807) is 19.1 Å². The largest absolute Gasteiger partial charge is 0.493 e. The smallest absolute Gasteiger partial charge is 0.243 e. The van der Waals surface area contributed by atoms with E-state index in [-0.39, 0.29) is 23.8 Å². The lowest BCUT2D eigenvalue weighted by atomic mass is 10.2. The second kappa shape index (κ2) is 9.39. The van der Waals surface area contributed by atoms with Crippen LogP contribution in [0.2, 0.25) is 0 Å². The van der Waals surface area contributed by atoms with E-state index in [0.717, 1.165) is 5.56 Å². The summed E-state index contributed by atoms with van der Waals surface area (Å²) in [7, 11) is -3.63. The van der Waals surface area contributed by atoms with Crippen LogP contribution in [0.4, 0.5) is 5.69 Å². The molecule has 0 bridgehead atoms. The number of ether oxygens (including phenoxy) is 2. The lowest BCUT2D eigenvalue weighted by Gasteiger charge is -2.26. The van der Waals surface area contributed by atoms with E-state index in [1.807, 2.05) is 31.2 Å². The fourth-order valence-electron chi connectivity index (χ4n) is 3.00. The zero-order chi connectivity index (χ0) is 20.9. The summed E-state index contributed by atoms with van der Waals surface area (Å²) < 4.78 is 38.1. The van der Waals surface area contributed by atoms with Gasteiger partial charge < -0.3 is 14.8 Å². The first-order chi connectivity index (χ1) is 13.9. The predicted octanol–water partition coefficient (Wildman–Crippen LogP) is 2.73. The molecule has 1 N–H and O–H groups in total. The van der Waals surface area contributed by atoms with Crippen molar-refractivity contribution >= 4 is 21.6 Å². The van der Waals surface area contributed by atoms with E-state index in [1.165, 1.54) is 10.4 Å². The van der Waals surface area contributed by atoms with Gasteiger partial charge in [0.25, 0.3) is 0 Å². The quantitative estimate of drug-likeness (QED) is 0.747. The summed E-state index contributed by atoms with van der Waals surface area (Å²) >= 11 is 0. The van der Waals surface area contributed by atoms with Gasteiger partial charge in [-0.05, 0) is 43.7 Å². The van der Waals surface area contributed by atoms with Crippen molar-refractivity contribution in [2.45, 2.75) is 25.2 Å². The van der Waals surface area contributed by atoms with Crippen molar-refractivity contribution in [1.82, 2.24) is 4.31 Å². The van der Waals surface area contributed by atoms with E-state index in [0.29, 0.717) is 43.3 Å². The fraction of sp³-hybridized carbons (Fsp3) is 0.381. The molecule has 156 valence electrons. The van der Waals surface area contributed by atoms with Crippen LogP contribution in [0.25, 0.3) is 0 Å². The number of amides is 1. The predicted molar refractivity (Wildman–Crippen MR) is 111 cm³/mol. The van der Waals surface area contributed by atoms with Crippen LogP contribution in [0.15, 0.2) is 47.4 Å². The van der Waals surface area contributed by atoms with Crippen molar-refractivity contribution in [3.05, 3.63) is 53.6 Å². The van der Waals surface area contributed by atoms with Gasteiger partial charge in [0.15, 0.2) is 0 Å². The number of sulfonamides is 1. The topological polar surface area (TPSA) is 84.9 Å². The molecule has 2 aromatic rings. The Kier molecular flexibility index (Phi) is 6.89. The van der Waals surface area contributed by atoms with Crippen LogP contribution in [0.1, 0.15) is 17.5 Å². The number of morpholine rings is 1. The molecule has 7 nitrogen and oxygen atoms in total. The first-order valence-corrected chi connectivity index (χ1v) is 11.0. The Labute approximate surface area is 171 Å². The minimum Gasteiger partial charge on any atom is -0.493 e. The maximum Gasteiger partial charge on any atom is 0.243 e. The van der Waals surface area contributed by atoms with Crippen LogP contribution in [0.3, 0.4) is 0 Å². The van der Waals surface area contributed by atoms with Crippen LogP contribution in [0, 0.1) is 13.8 Å². The van der Waals surface area contributed by atoms with Crippen molar-refractivity contribution < 1.29 is 22.7 Å². The lowest BCUT2D eigenvalue weighted by molar-refractivity contribution is -0.116. The molecule has 29 heavy (non-hydrogen) atoms. The number of hydrogen-bond acceptors (Lipinski definition) is 5. The number of nitrogens with one attached hydrogen (secondary N) is 1. The third-order valence-corrected chi connectivity index (χ3v) is 6.72. The molecule has 3 rings (SSSR count). The second-order valence-electron chi connectivity index (χ2n) is 6.96. The van der Waals surface area contributed by atoms with Gasteiger partial charge >= 0.3 is 0 Å². The molecule has 0 unspecified atom stereocenters. The highest BCUT2D eigenvalue weighted by molar-refractivity contribution is 7.89. The SMILES string of the molecule is Cc1ccc(OCCC(=O)Nc2ccc(C)c(S(=O)(=O)N3CCOCC3)c2)cc1.